The maximum Gasteiger partial charge on any atom is 0.443 e. The third-order valence-corrected chi connectivity index (χ3v) is 2.79. The predicted molar refractivity (Wildman–Crippen MR) is 66.5 cm³/mol. The molecule has 2 rings (SSSR count). The molecule has 0 spiro atoms. The standard InChI is InChI=1S/C13H7F7N2O/c1-2-9-21-11(12(15,16)17,13(18,19)20)22-10(23-9)7-3-5-8(14)6-4-7/h2-6H,1H2. The van der Waals surface area contributed by atoms with Crippen LogP contribution in [0.5, 0.6) is 0 Å². The van der Waals surface area contributed by atoms with Gasteiger partial charge < -0.3 is 4.74 Å². The zero-order chi connectivity index (χ0) is 17.5. The van der Waals surface area contributed by atoms with Gasteiger partial charge in [-0.1, -0.05) is 6.58 Å². The third-order valence-electron chi connectivity index (χ3n) is 2.79. The lowest BCUT2D eigenvalue weighted by Gasteiger charge is -2.33. The van der Waals surface area contributed by atoms with Crippen LogP contribution in [0.1, 0.15) is 5.56 Å². The van der Waals surface area contributed by atoms with Crippen LogP contribution >= 0.6 is 0 Å². The van der Waals surface area contributed by atoms with Crippen molar-refractivity contribution in [1.29, 1.82) is 0 Å². The van der Waals surface area contributed by atoms with Gasteiger partial charge in [-0.25, -0.2) is 14.4 Å². The zero-order valence-electron chi connectivity index (χ0n) is 11.0. The molecule has 3 nitrogen and oxygen atoms in total. The van der Waals surface area contributed by atoms with Crippen LogP contribution in [0.15, 0.2) is 46.9 Å². The van der Waals surface area contributed by atoms with Crippen molar-refractivity contribution >= 4 is 11.8 Å². The normalized spacial score (nSPS) is 17.9. The molecule has 1 aliphatic heterocycles. The average molecular weight is 340 g/mol. The SMILES string of the molecule is C=CC1=NC(C(F)(F)F)(C(F)(F)F)N=C(c2ccc(F)cc2)O1. The first-order valence-corrected chi connectivity index (χ1v) is 5.89. The van der Waals surface area contributed by atoms with E-state index in [0.717, 1.165) is 24.3 Å². The highest BCUT2D eigenvalue weighted by atomic mass is 19.4. The molecular weight excluding hydrogens is 333 g/mol. The Balaban J connectivity index is 2.68. The number of aliphatic imine (C=N–C) groups is 2. The van der Waals surface area contributed by atoms with E-state index in [4.69, 9.17) is 4.74 Å². The lowest BCUT2D eigenvalue weighted by atomic mass is 10.1. The summed E-state index contributed by atoms with van der Waals surface area (Å²) in [5, 5.41) is 0. The molecule has 0 radical (unpaired) electrons. The predicted octanol–water partition coefficient (Wildman–Crippen LogP) is 4.01. The van der Waals surface area contributed by atoms with Gasteiger partial charge in [0.15, 0.2) is 0 Å². The monoisotopic (exact) mass is 340 g/mol. The molecule has 0 bridgehead atoms. The smallest absolute Gasteiger partial charge is 0.421 e. The fourth-order valence-electron chi connectivity index (χ4n) is 1.69. The highest BCUT2D eigenvalue weighted by molar-refractivity contribution is 6.06. The van der Waals surface area contributed by atoms with E-state index in [0.29, 0.717) is 6.08 Å². The first kappa shape index (κ1) is 17.0. The molecule has 0 saturated carbocycles. The Morgan fingerprint density at radius 3 is 1.91 bits per heavy atom. The fraction of sp³-hybridized carbons (Fsp3) is 0.231. The van der Waals surface area contributed by atoms with Gasteiger partial charge in [0.2, 0.25) is 11.8 Å². The summed E-state index contributed by atoms with van der Waals surface area (Å²) in [6, 6.07) is 3.53. The first-order chi connectivity index (χ1) is 10.5. The number of hydrogen-bond donors (Lipinski definition) is 0. The largest absolute Gasteiger partial charge is 0.443 e. The van der Waals surface area contributed by atoms with Crippen molar-refractivity contribution in [3.05, 3.63) is 48.3 Å². The summed E-state index contributed by atoms with van der Waals surface area (Å²) in [4.78, 5) is 5.17. The lowest BCUT2D eigenvalue weighted by molar-refractivity contribution is -0.293. The molecule has 0 saturated heterocycles. The Labute approximate surface area is 124 Å². The maximum absolute atomic E-state index is 13.1. The average Bonchev–Trinajstić information content (AvgIpc) is 2.45. The molecule has 0 atom stereocenters. The van der Waals surface area contributed by atoms with E-state index in [-0.39, 0.29) is 5.56 Å². The van der Waals surface area contributed by atoms with Crippen molar-refractivity contribution < 1.29 is 35.5 Å². The molecule has 124 valence electrons. The lowest BCUT2D eigenvalue weighted by Crippen LogP contribution is -2.56. The number of ether oxygens (including phenoxy) is 1. The van der Waals surface area contributed by atoms with Crippen LogP contribution in [0, 0.1) is 5.82 Å². The molecule has 1 aliphatic rings. The second kappa shape index (κ2) is 5.36. The van der Waals surface area contributed by atoms with Crippen LogP contribution in [0.25, 0.3) is 0 Å². The van der Waals surface area contributed by atoms with E-state index in [2.05, 4.69) is 16.6 Å². The molecule has 1 aromatic rings. The number of hydrogen-bond acceptors (Lipinski definition) is 3. The molecule has 10 heteroatoms. The second-order valence-electron chi connectivity index (χ2n) is 4.35. The van der Waals surface area contributed by atoms with Crippen LogP contribution in [0.2, 0.25) is 0 Å². The molecule has 0 aliphatic carbocycles. The van der Waals surface area contributed by atoms with E-state index in [1.165, 1.54) is 0 Å². The minimum Gasteiger partial charge on any atom is -0.421 e. The summed E-state index contributed by atoms with van der Waals surface area (Å²) in [5.41, 5.74) is -5.00. The molecule has 1 aromatic carbocycles. The molecule has 0 N–H and O–H groups in total. The first-order valence-electron chi connectivity index (χ1n) is 5.89. The minimum atomic E-state index is -5.87. The van der Waals surface area contributed by atoms with Gasteiger partial charge in [0, 0.05) is 5.56 Å². The van der Waals surface area contributed by atoms with E-state index in [9.17, 15) is 30.7 Å². The Morgan fingerprint density at radius 2 is 1.48 bits per heavy atom. The molecule has 1 heterocycles. The van der Waals surface area contributed by atoms with Crippen molar-refractivity contribution in [2.45, 2.75) is 18.0 Å². The molecule has 0 unspecified atom stereocenters. The van der Waals surface area contributed by atoms with Gasteiger partial charge in [0.1, 0.15) is 5.82 Å². The Bertz CT molecular complexity index is 657. The fourth-order valence-corrected chi connectivity index (χ4v) is 1.69. The quantitative estimate of drug-likeness (QED) is 0.749. The van der Waals surface area contributed by atoms with Crippen LogP contribution in [0.4, 0.5) is 30.7 Å². The van der Waals surface area contributed by atoms with Gasteiger partial charge in [-0.2, -0.15) is 26.3 Å². The van der Waals surface area contributed by atoms with Crippen molar-refractivity contribution in [2.75, 3.05) is 0 Å². The van der Waals surface area contributed by atoms with Crippen molar-refractivity contribution in [3.8, 4) is 0 Å². The number of benzene rings is 1. The summed E-state index contributed by atoms with van der Waals surface area (Å²) >= 11 is 0. The Morgan fingerprint density at radius 1 is 0.957 bits per heavy atom. The summed E-state index contributed by atoms with van der Waals surface area (Å²) < 4.78 is 96.0. The van der Waals surface area contributed by atoms with Gasteiger partial charge in [-0.15, -0.1) is 0 Å². The van der Waals surface area contributed by atoms with Crippen LogP contribution in [0.3, 0.4) is 0 Å². The maximum atomic E-state index is 13.1. The summed E-state index contributed by atoms with van der Waals surface area (Å²) in [5.74, 6) is -2.74. The summed E-state index contributed by atoms with van der Waals surface area (Å²) in [6.07, 6.45) is -11.1. The highest BCUT2D eigenvalue weighted by Crippen LogP contribution is 2.48. The molecule has 0 aromatic heterocycles. The van der Waals surface area contributed by atoms with E-state index in [1.807, 2.05) is 0 Å². The van der Waals surface area contributed by atoms with E-state index in [1.54, 1.807) is 0 Å². The zero-order valence-corrected chi connectivity index (χ0v) is 11.0. The van der Waals surface area contributed by atoms with Crippen LogP contribution < -0.4 is 0 Å². The number of rotatable bonds is 2. The number of halogens is 7. The molecular formula is C13H7F7N2O. The third kappa shape index (κ3) is 2.92. The van der Waals surface area contributed by atoms with Crippen molar-refractivity contribution in [3.63, 3.8) is 0 Å². The minimum absolute atomic E-state index is 0.279. The molecule has 0 amide bonds. The number of alkyl halides is 6. The van der Waals surface area contributed by atoms with Crippen LogP contribution in [-0.2, 0) is 4.74 Å². The van der Waals surface area contributed by atoms with Gasteiger partial charge in [0.25, 0.3) is 0 Å². The molecule has 23 heavy (non-hydrogen) atoms. The number of nitrogens with zero attached hydrogens (tertiary/aromatic N) is 2. The van der Waals surface area contributed by atoms with Gasteiger partial charge >= 0.3 is 18.0 Å². The van der Waals surface area contributed by atoms with E-state index < -0.39 is 35.6 Å². The van der Waals surface area contributed by atoms with Crippen molar-refractivity contribution in [2.24, 2.45) is 9.98 Å². The molecule has 0 fully saturated rings. The van der Waals surface area contributed by atoms with Gasteiger partial charge in [0.05, 0.1) is 0 Å². The van der Waals surface area contributed by atoms with Crippen molar-refractivity contribution in [1.82, 2.24) is 0 Å². The summed E-state index contributed by atoms with van der Waals surface area (Å²) in [7, 11) is 0. The Kier molecular flexibility index (Phi) is 3.95. The Hall–Kier alpha value is -2.39. The van der Waals surface area contributed by atoms with Crippen LogP contribution in [-0.4, -0.2) is 29.8 Å². The van der Waals surface area contributed by atoms with Gasteiger partial charge in [-0.3, -0.25) is 0 Å². The second-order valence-corrected chi connectivity index (χ2v) is 4.35. The summed E-state index contributed by atoms with van der Waals surface area (Å²) in [6.45, 7) is 3.05. The van der Waals surface area contributed by atoms with E-state index >= 15 is 0 Å². The topological polar surface area (TPSA) is 34.0 Å². The van der Waals surface area contributed by atoms with Gasteiger partial charge in [-0.05, 0) is 30.3 Å². The highest BCUT2D eigenvalue weighted by Gasteiger charge is 2.73.